The summed E-state index contributed by atoms with van der Waals surface area (Å²) in [7, 11) is 1.62. The number of rotatable bonds is 5. The molecule has 0 amide bonds. The Kier molecular flexibility index (Phi) is 5.38. The number of hydrogen-bond acceptors (Lipinski definition) is 3. The number of hydrogen-bond donors (Lipinski definition) is 0. The molecule has 0 aliphatic heterocycles. The van der Waals surface area contributed by atoms with Crippen molar-refractivity contribution in [2.24, 2.45) is 0 Å². The van der Waals surface area contributed by atoms with Crippen LogP contribution >= 0.6 is 16.1 Å². The summed E-state index contributed by atoms with van der Waals surface area (Å²) in [4.78, 5) is 0. The maximum absolute atomic E-state index is 9.59. The fourth-order valence-electron chi connectivity index (χ4n) is 2.25. The van der Waals surface area contributed by atoms with Crippen LogP contribution in [0, 0.1) is 11.3 Å². The van der Waals surface area contributed by atoms with Crippen molar-refractivity contribution in [3.05, 3.63) is 65.7 Å². The van der Waals surface area contributed by atoms with E-state index in [1.807, 2.05) is 46.4 Å². The zero-order chi connectivity index (χ0) is 15.2. The summed E-state index contributed by atoms with van der Waals surface area (Å²) in [5.74, 6) is 0.716. The molecule has 2 atom stereocenters. The van der Waals surface area contributed by atoms with Gasteiger partial charge in [0.25, 0.3) is 0 Å². The van der Waals surface area contributed by atoms with E-state index < -0.39 is 6.04 Å². The smallest absolute Gasteiger partial charge is 0.137 e. The summed E-state index contributed by atoms with van der Waals surface area (Å²) in [6, 6.07) is 19.6. The van der Waals surface area contributed by atoms with E-state index >= 15 is 0 Å². The molecule has 0 saturated carbocycles. The van der Waals surface area contributed by atoms with Crippen LogP contribution in [-0.4, -0.2) is 11.0 Å². The van der Waals surface area contributed by atoms with Crippen molar-refractivity contribution in [1.29, 1.82) is 5.26 Å². The summed E-state index contributed by atoms with van der Waals surface area (Å²) < 4.78 is 7.24. The second-order valence-electron chi connectivity index (χ2n) is 4.70. The molecule has 21 heavy (non-hydrogen) atoms. The third-order valence-electron chi connectivity index (χ3n) is 3.45. The number of nitrogens with zero attached hydrogens (tertiary/aromatic N) is 2. The van der Waals surface area contributed by atoms with E-state index in [1.165, 1.54) is 0 Å². The predicted molar refractivity (Wildman–Crippen MR) is 87.0 cm³/mol. The molecule has 0 saturated heterocycles. The largest absolute Gasteiger partial charge is 0.496 e. The minimum absolute atomic E-state index is 0.0563. The first kappa shape index (κ1) is 15.6. The first-order valence-corrected chi connectivity index (χ1v) is 7.41. The highest BCUT2D eigenvalue weighted by Gasteiger charge is 2.26. The van der Waals surface area contributed by atoms with Crippen molar-refractivity contribution in [3.8, 4) is 11.8 Å². The number of benzene rings is 2. The Morgan fingerprint density at radius 2 is 1.71 bits per heavy atom. The minimum atomic E-state index is -0.434. The van der Waals surface area contributed by atoms with Gasteiger partial charge in [-0.2, -0.15) is 5.26 Å². The van der Waals surface area contributed by atoms with Gasteiger partial charge in [0.2, 0.25) is 0 Å². The Morgan fingerprint density at radius 3 is 2.33 bits per heavy atom. The molecule has 108 valence electrons. The van der Waals surface area contributed by atoms with Gasteiger partial charge in [-0.25, -0.2) is 3.93 Å². The molecule has 2 aromatic rings. The number of ether oxygens (including phenoxy) is 1. The number of methoxy groups -OCH3 is 1. The van der Waals surface area contributed by atoms with E-state index in [2.05, 4.69) is 41.3 Å². The van der Waals surface area contributed by atoms with E-state index in [4.69, 9.17) is 4.74 Å². The number of halogens is 1. The maximum atomic E-state index is 9.59. The lowest BCUT2D eigenvalue weighted by Crippen LogP contribution is -2.21. The third kappa shape index (κ3) is 3.44. The van der Waals surface area contributed by atoms with Crippen LogP contribution in [-0.2, 0) is 0 Å². The Bertz CT molecular complexity index is 624. The summed E-state index contributed by atoms with van der Waals surface area (Å²) >= 11 is 3.56. The zero-order valence-corrected chi connectivity index (χ0v) is 13.6. The van der Waals surface area contributed by atoms with Crippen LogP contribution in [0.4, 0.5) is 0 Å². The number of para-hydroxylation sites is 1. The minimum Gasteiger partial charge on any atom is -0.496 e. The van der Waals surface area contributed by atoms with Gasteiger partial charge >= 0.3 is 0 Å². The molecule has 0 aliphatic carbocycles. The standard InChI is InChI=1S/C17H17BrN2O/c1-13(14-8-4-3-5-9-14)20(18)16(12-19)15-10-6-7-11-17(15)21-2/h3-11,13,16H,1-2H3. The van der Waals surface area contributed by atoms with Crippen molar-refractivity contribution in [3.63, 3.8) is 0 Å². The van der Waals surface area contributed by atoms with Gasteiger partial charge in [-0.15, -0.1) is 0 Å². The van der Waals surface area contributed by atoms with Gasteiger partial charge in [-0.3, -0.25) is 0 Å². The summed E-state index contributed by atoms with van der Waals surface area (Å²) in [6.07, 6.45) is 0. The van der Waals surface area contributed by atoms with Crippen molar-refractivity contribution >= 4 is 16.1 Å². The molecule has 3 nitrogen and oxygen atoms in total. The first-order valence-electron chi connectivity index (χ1n) is 6.70. The van der Waals surface area contributed by atoms with E-state index in [9.17, 15) is 5.26 Å². The quantitative estimate of drug-likeness (QED) is 0.741. The molecular weight excluding hydrogens is 328 g/mol. The fraction of sp³-hybridized carbons (Fsp3) is 0.235. The molecule has 2 aromatic carbocycles. The van der Waals surface area contributed by atoms with Gasteiger partial charge in [0.05, 0.1) is 13.2 Å². The molecule has 4 heteroatoms. The van der Waals surface area contributed by atoms with E-state index in [-0.39, 0.29) is 6.04 Å². The highest BCUT2D eigenvalue weighted by molar-refractivity contribution is 9.07. The average molecular weight is 345 g/mol. The van der Waals surface area contributed by atoms with Crippen molar-refractivity contribution in [2.75, 3.05) is 7.11 Å². The van der Waals surface area contributed by atoms with Crippen LogP contribution < -0.4 is 4.74 Å². The lowest BCUT2D eigenvalue weighted by molar-refractivity contribution is 0.341. The molecule has 0 radical (unpaired) electrons. The average Bonchev–Trinajstić information content (AvgIpc) is 2.56. The second kappa shape index (κ2) is 7.26. The zero-order valence-electron chi connectivity index (χ0n) is 12.0. The Hall–Kier alpha value is -1.83. The number of nitriles is 1. The lowest BCUT2D eigenvalue weighted by atomic mass is 10.0. The molecule has 2 unspecified atom stereocenters. The van der Waals surface area contributed by atoms with Crippen LogP contribution in [0.1, 0.15) is 30.1 Å². The Balaban J connectivity index is 2.31. The van der Waals surface area contributed by atoms with Gasteiger partial charge in [0, 0.05) is 27.8 Å². The Morgan fingerprint density at radius 1 is 1.10 bits per heavy atom. The van der Waals surface area contributed by atoms with Crippen LogP contribution in [0.2, 0.25) is 0 Å². The van der Waals surface area contributed by atoms with Gasteiger partial charge < -0.3 is 4.74 Å². The predicted octanol–water partition coefficient (Wildman–Crippen LogP) is 4.63. The molecular formula is C17H17BrN2O. The van der Waals surface area contributed by atoms with E-state index in [1.54, 1.807) is 7.11 Å². The second-order valence-corrected chi connectivity index (χ2v) is 5.52. The molecule has 0 N–H and O–H groups in total. The summed E-state index contributed by atoms with van der Waals surface area (Å²) in [5.41, 5.74) is 1.99. The van der Waals surface area contributed by atoms with Crippen LogP contribution in [0.3, 0.4) is 0 Å². The van der Waals surface area contributed by atoms with E-state index in [0.717, 1.165) is 11.1 Å². The van der Waals surface area contributed by atoms with Crippen molar-refractivity contribution in [2.45, 2.75) is 19.0 Å². The molecule has 0 aliphatic rings. The molecule has 0 bridgehead atoms. The van der Waals surface area contributed by atoms with Gasteiger partial charge in [-0.05, 0) is 18.6 Å². The normalized spacial score (nSPS) is 13.5. The van der Waals surface area contributed by atoms with Gasteiger partial charge in [0.15, 0.2) is 0 Å². The van der Waals surface area contributed by atoms with Crippen molar-refractivity contribution < 1.29 is 4.74 Å². The highest BCUT2D eigenvalue weighted by Crippen LogP contribution is 2.36. The maximum Gasteiger partial charge on any atom is 0.137 e. The monoisotopic (exact) mass is 344 g/mol. The van der Waals surface area contributed by atoms with E-state index in [0.29, 0.717) is 5.75 Å². The Labute approximate surface area is 134 Å². The molecule has 2 rings (SSSR count). The van der Waals surface area contributed by atoms with Crippen LogP contribution in [0.5, 0.6) is 5.75 Å². The molecule has 0 fully saturated rings. The summed E-state index contributed by atoms with van der Waals surface area (Å²) in [5, 5.41) is 9.59. The molecule has 0 heterocycles. The molecule has 0 aromatic heterocycles. The topological polar surface area (TPSA) is 36.3 Å². The SMILES string of the molecule is COc1ccccc1C(C#N)N(Br)C(C)c1ccccc1. The highest BCUT2D eigenvalue weighted by atomic mass is 79.9. The fourth-order valence-corrected chi connectivity index (χ4v) is 2.80. The van der Waals surface area contributed by atoms with Gasteiger partial charge in [0.1, 0.15) is 11.8 Å². The first-order chi connectivity index (χ1) is 10.2. The van der Waals surface area contributed by atoms with Gasteiger partial charge in [-0.1, -0.05) is 48.5 Å². The third-order valence-corrected chi connectivity index (χ3v) is 4.48. The van der Waals surface area contributed by atoms with Crippen molar-refractivity contribution in [1.82, 2.24) is 3.93 Å². The molecule has 0 spiro atoms. The lowest BCUT2D eigenvalue weighted by Gasteiger charge is -2.28. The summed E-state index contributed by atoms with van der Waals surface area (Å²) in [6.45, 7) is 2.06. The van der Waals surface area contributed by atoms with Crippen LogP contribution in [0.25, 0.3) is 0 Å². The van der Waals surface area contributed by atoms with Crippen LogP contribution in [0.15, 0.2) is 54.6 Å².